The van der Waals surface area contributed by atoms with Gasteiger partial charge in [0.05, 0.1) is 25.2 Å². The summed E-state index contributed by atoms with van der Waals surface area (Å²) in [5.74, 6) is -1.25. The van der Waals surface area contributed by atoms with Gasteiger partial charge in [0.1, 0.15) is 11.6 Å². The molecule has 172 valence electrons. The number of rotatable bonds is 6. The molecule has 1 heterocycles. The Balaban J connectivity index is 1.80. The van der Waals surface area contributed by atoms with Gasteiger partial charge in [0.15, 0.2) is 5.78 Å². The maximum atomic E-state index is 15.0. The molecular weight excluding hydrogens is 421 g/mol. The Labute approximate surface area is 193 Å². The number of dihydropyridines is 1. The van der Waals surface area contributed by atoms with E-state index in [1.54, 1.807) is 32.2 Å². The van der Waals surface area contributed by atoms with E-state index in [9.17, 15) is 14.0 Å². The van der Waals surface area contributed by atoms with Crippen LogP contribution in [0.15, 0.2) is 71.1 Å². The predicted octanol–water partition coefficient (Wildman–Crippen LogP) is 5.15. The topological polar surface area (TPSA) is 64.6 Å². The van der Waals surface area contributed by atoms with Gasteiger partial charge in [0.2, 0.25) is 0 Å². The summed E-state index contributed by atoms with van der Waals surface area (Å²) in [7, 11) is 1.61. The molecule has 5 nitrogen and oxygen atoms in total. The number of benzene rings is 2. The van der Waals surface area contributed by atoms with Crippen LogP contribution >= 0.6 is 0 Å². The first kappa shape index (κ1) is 22.8. The van der Waals surface area contributed by atoms with Crippen LogP contribution in [0.2, 0.25) is 0 Å². The van der Waals surface area contributed by atoms with Crippen molar-refractivity contribution in [3.8, 4) is 5.75 Å². The second-order valence-electron chi connectivity index (χ2n) is 8.42. The number of ketones is 1. The molecule has 2 atom stereocenters. The fraction of sp³-hybridized carbons (Fsp3) is 0.333. The molecule has 0 radical (unpaired) electrons. The van der Waals surface area contributed by atoms with Gasteiger partial charge in [-0.25, -0.2) is 9.18 Å². The highest BCUT2D eigenvalue weighted by atomic mass is 19.1. The van der Waals surface area contributed by atoms with E-state index in [0.717, 1.165) is 17.0 Å². The Morgan fingerprint density at radius 2 is 1.79 bits per heavy atom. The van der Waals surface area contributed by atoms with Crippen molar-refractivity contribution in [3.05, 3.63) is 88.0 Å². The molecule has 0 saturated carbocycles. The van der Waals surface area contributed by atoms with Crippen molar-refractivity contribution < 1.29 is 23.5 Å². The van der Waals surface area contributed by atoms with E-state index in [1.807, 2.05) is 31.2 Å². The fourth-order valence-electron chi connectivity index (χ4n) is 4.83. The lowest BCUT2D eigenvalue weighted by molar-refractivity contribution is -0.139. The standard InChI is InChI=1S/C27H28FNO4/c1-4-13-33-27(31)24-16(2)29-21-14-17(18-9-6-8-12-23(18)32-3)15-22(30)26(21)25(24)19-10-5-7-11-20(19)28/h5-12,17,25,29H,4,13-15H2,1-3H3/t17-,25+/m0/s1. The predicted molar refractivity (Wildman–Crippen MR) is 123 cm³/mol. The van der Waals surface area contributed by atoms with Gasteiger partial charge in [-0.3, -0.25) is 4.79 Å². The number of methoxy groups -OCH3 is 1. The quantitative estimate of drug-likeness (QED) is 0.618. The lowest BCUT2D eigenvalue weighted by Crippen LogP contribution is -2.36. The van der Waals surface area contributed by atoms with E-state index in [0.29, 0.717) is 29.7 Å². The average Bonchev–Trinajstić information content (AvgIpc) is 2.81. The molecule has 2 aromatic carbocycles. The van der Waals surface area contributed by atoms with Crippen molar-refractivity contribution >= 4 is 11.8 Å². The molecule has 2 aromatic rings. The van der Waals surface area contributed by atoms with Crippen LogP contribution in [0.25, 0.3) is 0 Å². The number of halogens is 1. The zero-order valence-electron chi connectivity index (χ0n) is 19.1. The number of allylic oxidation sites excluding steroid dienone is 3. The number of ether oxygens (including phenoxy) is 2. The Kier molecular flexibility index (Phi) is 6.63. The molecule has 1 aliphatic carbocycles. The van der Waals surface area contributed by atoms with Crippen LogP contribution in [0, 0.1) is 5.82 Å². The maximum absolute atomic E-state index is 15.0. The minimum atomic E-state index is -0.807. The van der Waals surface area contributed by atoms with Crippen LogP contribution in [0.4, 0.5) is 4.39 Å². The van der Waals surface area contributed by atoms with Crippen molar-refractivity contribution in [1.82, 2.24) is 5.32 Å². The third kappa shape index (κ3) is 4.30. The first-order chi connectivity index (χ1) is 16.0. The number of hydrogen-bond acceptors (Lipinski definition) is 5. The number of nitrogens with one attached hydrogen (secondary N) is 1. The first-order valence-corrected chi connectivity index (χ1v) is 11.2. The molecule has 1 N–H and O–H groups in total. The summed E-state index contributed by atoms with van der Waals surface area (Å²) in [5.41, 5.74) is 3.30. The summed E-state index contributed by atoms with van der Waals surface area (Å²) < 4.78 is 25.9. The Hall–Kier alpha value is -3.41. The summed E-state index contributed by atoms with van der Waals surface area (Å²) in [6.07, 6.45) is 1.48. The molecule has 33 heavy (non-hydrogen) atoms. The van der Waals surface area contributed by atoms with Gasteiger partial charge in [0.25, 0.3) is 0 Å². The lowest BCUT2D eigenvalue weighted by Gasteiger charge is -2.37. The molecule has 0 unspecified atom stereocenters. The summed E-state index contributed by atoms with van der Waals surface area (Å²) in [6, 6.07) is 14.0. The van der Waals surface area contributed by atoms with Crippen LogP contribution in [0.1, 0.15) is 56.1 Å². The normalized spacial score (nSPS) is 20.3. The molecule has 0 bridgehead atoms. The van der Waals surface area contributed by atoms with Gasteiger partial charge < -0.3 is 14.8 Å². The van der Waals surface area contributed by atoms with Crippen LogP contribution in [-0.2, 0) is 14.3 Å². The van der Waals surface area contributed by atoms with Crippen molar-refractivity contribution in [2.24, 2.45) is 0 Å². The van der Waals surface area contributed by atoms with Crippen LogP contribution < -0.4 is 10.1 Å². The molecule has 0 fully saturated rings. The monoisotopic (exact) mass is 449 g/mol. The summed E-state index contributed by atoms with van der Waals surface area (Å²) in [5, 5.41) is 3.29. The van der Waals surface area contributed by atoms with E-state index in [-0.39, 0.29) is 30.3 Å². The number of para-hydroxylation sites is 1. The van der Waals surface area contributed by atoms with E-state index < -0.39 is 17.7 Å². The Morgan fingerprint density at radius 1 is 1.09 bits per heavy atom. The highest BCUT2D eigenvalue weighted by Gasteiger charge is 2.42. The average molecular weight is 450 g/mol. The zero-order valence-corrected chi connectivity index (χ0v) is 19.1. The van der Waals surface area contributed by atoms with Crippen LogP contribution in [0.5, 0.6) is 5.75 Å². The number of carbonyl (C=O) groups is 2. The Morgan fingerprint density at radius 3 is 2.48 bits per heavy atom. The second kappa shape index (κ2) is 9.61. The summed E-state index contributed by atoms with van der Waals surface area (Å²) in [4.78, 5) is 26.6. The lowest BCUT2D eigenvalue weighted by atomic mass is 9.71. The molecular formula is C27H28FNO4. The van der Waals surface area contributed by atoms with Crippen molar-refractivity contribution in [1.29, 1.82) is 0 Å². The van der Waals surface area contributed by atoms with E-state index >= 15 is 0 Å². The molecule has 0 saturated heterocycles. The fourth-order valence-corrected chi connectivity index (χ4v) is 4.83. The maximum Gasteiger partial charge on any atom is 0.336 e. The number of Topliss-reactive ketones (excluding diaryl/α,β-unsaturated/α-hetero) is 1. The molecule has 2 aliphatic rings. The van der Waals surface area contributed by atoms with Crippen LogP contribution in [0.3, 0.4) is 0 Å². The van der Waals surface area contributed by atoms with Gasteiger partial charge in [-0.15, -0.1) is 0 Å². The number of esters is 1. The largest absolute Gasteiger partial charge is 0.496 e. The Bertz CT molecular complexity index is 1150. The smallest absolute Gasteiger partial charge is 0.336 e. The minimum absolute atomic E-state index is 0.0810. The third-order valence-electron chi connectivity index (χ3n) is 6.28. The molecule has 1 aliphatic heterocycles. The number of carbonyl (C=O) groups excluding carboxylic acids is 2. The SMILES string of the molecule is CCCOC(=O)C1=C(C)NC2=C(C(=O)C[C@@H](c3ccccc3OC)C2)[C@@H]1c1ccccc1F. The van der Waals surface area contributed by atoms with Gasteiger partial charge in [-0.05, 0) is 37.5 Å². The van der Waals surface area contributed by atoms with Crippen LogP contribution in [-0.4, -0.2) is 25.5 Å². The molecule has 0 spiro atoms. The van der Waals surface area contributed by atoms with Gasteiger partial charge in [-0.1, -0.05) is 43.3 Å². The highest BCUT2D eigenvalue weighted by molar-refractivity contribution is 6.04. The van der Waals surface area contributed by atoms with Gasteiger partial charge in [0, 0.05) is 34.9 Å². The molecule has 0 aromatic heterocycles. The third-order valence-corrected chi connectivity index (χ3v) is 6.28. The first-order valence-electron chi connectivity index (χ1n) is 11.2. The van der Waals surface area contributed by atoms with E-state index in [2.05, 4.69) is 5.32 Å². The summed E-state index contributed by atoms with van der Waals surface area (Å²) >= 11 is 0. The molecule has 0 amide bonds. The van der Waals surface area contributed by atoms with Crippen molar-refractivity contribution in [2.75, 3.05) is 13.7 Å². The number of hydrogen-bond donors (Lipinski definition) is 1. The van der Waals surface area contributed by atoms with Crippen molar-refractivity contribution in [2.45, 2.75) is 44.9 Å². The highest BCUT2D eigenvalue weighted by Crippen LogP contribution is 2.47. The molecule has 6 heteroatoms. The zero-order chi connectivity index (χ0) is 23.5. The van der Waals surface area contributed by atoms with E-state index in [1.165, 1.54) is 6.07 Å². The molecule has 4 rings (SSSR count). The van der Waals surface area contributed by atoms with Gasteiger partial charge >= 0.3 is 5.97 Å². The minimum Gasteiger partial charge on any atom is -0.496 e. The van der Waals surface area contributed by atoms with Gasteiger partial charge in [-0.2, -0.15) is 0 Å². The summed E-state index contributed by atoms with van der Waals surface area (Å²) in [6.45, 7) is 3.94. The van der Waals surface area contributed by atoms with E-state index in [4.69, 9.17) is 9.47 Å². The second-order valence-corrected chi connectivity index (χ2v) is 8.42. The van der Waals surface area contributed by atoms with Crippen molar-refractivity contribution in [3.63, 3.8) is 0 Å².